The van der Waals surface area contributed by atoms with E-state index in [0.29, 0.717) is 47.6 Å². The lowest BCUT2D eigenvalue weighted by atomic mass is 9.87. The maximum Gasteiger partial charge on any atom is 0.235 e. The highest BCUT2D eigenvalue weighted by Gasteiger charge is 2.42. The first kappa shape index (κ1) is 14.5. The van der Waals surface area contributed by atoms with Crippen LogP contribution in [-0.4, -0.2) is 19.3 Å². The molecule has 0 N–H and O–H groups in total. The fourth-order valence-corrected chi connectivity index (χ4v) is 3.54. The van der Waals surface area contributed by atoms with E-state index in [9.17, 15) is 9.18 Å². The first-order valence-electron chi connectivity index (χ1n) is 7.05. The van der Waals surface area contributed by atoms with Crippen LogP contribution in [0.15, 0.2) is 15.5 Å². The lowest BCUT2D eigenvalue weighted by Crippen LogP contribution is -2.22. The third-order valence-electron chi connectivity index (χ3n) is 4.09. The van der Waals surface area contributed by atoms with Gasteiger partial charge in [0.2, 0.25) is 6.08 Å². The van der Waals surface area contributed by atoms with Gasteiger partial charge in [-0.1, -0.05) is 12.8 Å². The van der Waals surface area contributed by atoms with Gasteiger partial charge in [0.15, 0.2) is 11.5 Å². The molecule has 1 heterocycles. The lowest BCUT2D eigenvalue weighted by Gasteiger charge is -2.27. The molecule has 1 aromatic carbocycles. The molecule has 0 radical (unpaired) electrons. The molecule has 0 spiro atoms. The van der Waals surface area contributed by atoms with Crippen molar-refractivity contribution in [1.82, 2.24) is 0 Å². The molecule has 1 aromatic rings. The van der Waals surface area contributed by atoms with E-state index < -0.39 is 11.4 Å². The average molecular weight is 356 g/mol. The molecule has 0 unspecified atom stereocenters. The van der Waals surface area contributed by atoms with Crippen molar-refractivity contribution in [2.24, 2.45) is 4.99 Å². The molecule has 21 heavy (non-hydrogen) atoms. The van der Waals surface area contributed by atoms with Gasteiger partial charge >= 0.3 is 0 Å². The molecule has 0 saturated heterocycles. The maximum atomic E-state index is 14.8. The summed E-state index contributed by atoms with van der Waals surface area (Å²) < 4.78 is 26.4. The Morgan fingerprint density at radius 1 is 1.24 bits per heavy atom. The van der Waals surface area contributed by atoms with Crippen LogP contribution in [0.3, 0.4) is 0 Å². The van der Waals surface area contributed by atoms with Gasteiger partial charge in [-0.3, -0.25) is 0 Å². The van der Waals surface area contributed by atoms with Gasteiger partial charge in [0.1, 0.15) is 11.4 Å². The predicted molar refractivity (Wildman–Crippen MR) is 78.0 cm³/mol. The van der Waals surface area contributed by atoms with Crippen molar-refractivity contribution in [3.05, 3.63) is 21.9 Å². The van der Waals surface area contributed by atoms with Gasteiger partial charge in [-0.25, -0.2) is 9.18 Å². The standard InChI is InChI=1S/C15H15BrFNO3/c16-10-8-11-14(21-7-3-6-20-11)12(13(10)17)15(18-9-19)4-1-2-5-15/h8H,1-7H2. The predicted octanol–water partition coefficient (Wildman–Crippen LogP) is 3.85. The molecule has 4 nitrogen and oxygen atoms in total. The second-order valence-corrected chi connectivity index (χ2v) is 6.22. The van der Waals surface area contributed by atoms with E-state index in [2.05, 4.69) is 20.9 Å². The van der Waals surface area contributed by atoms with Crippen LogP contribution in [0.25, 0.3) is 0 Å². The normalized spacial score (nSPS) is 19.7. The van der Waals surface area contributed by atoms with Gasteiger partial charge < -0.3 is 9.47 Å². The highest BCUT2D eigenvalue weighted by molar-refractivity contribution is 9.10. The summed E-state index contributed by atoms with van der Waals surface area (Å²) >= 11 is 3.22. The highest BCUT2D eigenvalue weighted by atomic mass is 79.9. The van der Waals surface area contributed by atoms with Crippen molar-refractivity contribution in [2.45, 2.75) is 37.6 Å². The number of hydrogen-bond acceptors (Lipinski definition) is 4. The number of carbonyl (C=O) groups excluding carboxylic acids is 1. The minimum atomic E-state index is -0.882. The zero-order chi connectivity index (χ0) is 14.9. The molecule has 6 heteroatoms. The van der Waals surface area contributed by atoms with Crippen molar-refractivity contribution in [3.8, 4) is 11.5 Å². The summed E-state index contributed by atoms with van der Waals surface area (Å²) in [6, 6.07) is 1.58. The molecule has 0 amide bonds. The number of nitrogens with zero attached hydrogens (tertiary/aromatic N) is 1. The molecule has 1 aliphatic heterocycles. The Bertz CT molecular complexity index is 607. The summed E-state index contributed by atoms with van der Waals surface area (Å²) in [4.78, 5) is 14.8. The first-order chi connectivity index (χ1) is 10.2. The smallest absolute Gasteiger partial charge is 0.235 e. The number of aliphatic imine (C=N–C) groups is 1. The third-order valence-corrected chi connectivity index (χ3v) is 4.66. The van der Waals surface area contributed by atoms with Crippen molar-refractivity contribution in [1.29, 1.82) is 0 Å². The Labute approximate surface area is 130 Å². The second kappa shape index (κ2) is 5.78. The molecule has 0 bridgehead atoms. The fourth-order valence-electron chi connectivity index (χ4n) is 3.13. The van der Waals surface area contributed by atoms with Gasteiger partial charge in [0.05, 0.1) is 23.2 Å². The third kappa shape index (κ3) is 2.47. The second-order valence-electron chi connectivity index (χ2n) is 5.37. The monoisotopic (exact) mass is 355 g/mol. The summed E-state index contributed by atoms with van der Waals surface area (Å²) in [6.45, 7) is 0.983. The topological polar surface area (TPSA) is 47.9 Å². The largest absolute Gasteiger partial charge is 0.490 e. The molecule has 1 aliphatic carbocycles. The van der Waals surface area contributed by atoms with Crippen molar-refractivity contribution >= 4 is 22.0 Å². The maximum absolute atomic E-state index is 14.8. The summed E-state index contributed by atoms with van der Waals surface area (Å²) in [6.07, 6.45) is 5.37. The molecular weight excluding hydrogens is 341 g/mol. The Morgan fingerprint density at radius 3 is 2.67 bits per heavy atom. The average Bonchev–Trinajstić information content (AvgIpc) is 2.81. The van der Waals surface area contributed by atoms with Gasteiger partial charge in [-0.05, 0) is 28.8 Å². The van der Waals surface area contributed by atoms with Gasteiger partial charge in [0.25, 0.3) is 0 Å². The zero-order valence-electron chi connectivity index (χ0n) is 11.5. The first-order valence-corrected chi connectivity index (χ1v) is 7.84. The quantitative estimate of drug-likeness (QED) is 0.597. The van der Waals surface area contributed by atoms with Crippen LogP contribution in [-0.2, 0) is 10.3 Å². The van der Waals surface area contributed by atoms with Crippen LogP contribution >= 0.6 is 15.9 Å². The van der Waals surface area contributed by atoms with Crippen LogP contribution in [0.2, 0.25) is 0 Å². The molecule has 0 aromatic heterocycles. The van der Waals surface area contributed by atoms with E-state index in [4.69, 9.17) is 9.47 Å². The van der Waals surface area contributed by atoms with Crippen LogP contribution < -0.4 is 9.47 Å². The van der Waals surface area contributed by atoms with Crippen molar-refractivity contribution in [3.63, 3.8) is 0 Å². The summed E-state index contributed by atoms with van der Waals surface area (Å²) in [5.74, 6) is 0.456. The fraction of sp³-hybridized carbons (Fsp3) is 0.533. The molecule has 0 atom stereocenters. The van der Waals surface area contributed by atoms with Gasteiger partial charge in [-0.2, -0.15) is 4.99 Å². The molecule has 2 aliphatic rings. The Kier molecular flexibility index (Phi) is 4.00. The van der Waals surface area contributed by atoms with Crippen LogP contribution in [0.5, 0.6) is 11.5 Å². The van der Waals surface area contributed by atoms with E-state index in [0.717, 1.165) is 19.3 Å². The van der Waals surface area contributed by atoms with Gasteiger partial charge in [-0.15, -0.1) is 0 Å². The number of ether oxygens (including phenoxy) is 2. The number of fused-ring (bicyclic) bond motifs is 1. The van der Waals surface area contributed by atoms with Crippen molar-refractivity contribution < 1.29 is 18.7 Å². The number of isocyanates is 1. The van der Waals surface area contributed by atoms with Crippen LogP contribution in [0.4, 0.5) is 4.39 Å². The molecule has 3 rings (SSSR count). The molecule has 1 fully saturated rings. The molecular formula is C15H15BrFNO3. The number of halogens is 2. The SMILES string of the molecule is O=C=NC1(c2c(F)c(Br)cc3c2OCCCO3)CCCC1. The molecule has 1 saturated carbocycles. The van der Waals surface area contributed by atoms with Gasteiger partial charge in [0, 0.05) is 12.5 Å². The lowest BCUT2D eigenvalue weighted by molar-refractivity contribution is 0.291. The minimum absolute atomic E-state index is 0.300. The summed E-state index contributed by atoms with van der Waals surface area (Å²) in [7, 11) is 0. The van der Waals surface area contributed by atoms with E-state index in [1.54, 1.807) is 12.1 Å². The summed E-state index contributed by atoms with van der Waals surface area (Å²) in [5, 5.41) is 0. The van der Waals surface area contributed by atoms with E-state index in [1.807, 2.05) is 0 Å². The summed E-state index contributed by atoms with van der Waals surface area (Å²) in [5.41, 5.74) is -0.553. The van der Waals surface area contributed by atoms with E-state index in [1.165, 1.54) is 0 Å². The number of rotatable bonds is 2. The van der Waals surface area contributed by atoms with E-state index >= 15 is 0 Å². The van der Waals surface area contributed by atoms with Crippen molar-refractivity contribution in [2.75, 3.05) is 13.2 Å². The minimum Gasteiger partial charge on any atom is -0.490 e. The van der Waals surface area contributed by atoms with Crippen LogP contribution in [0.1, 0.15) is 37.7 Å². The Balaban J connectivity index is 2.25. The van der Waals surface area contributed by atoms with Crippen LogP contribution in [0, 0.1) is 5.82 Å². The number of benzene rings is 1. The number of hydrogen-bond donors (Lipinski definition) is 0. The molecule has 112 valence electrons. The zero-order valence-corrected chi connectivity index (χ0v) is 13.0. The highest BCUT2D eigenvalue weighted by Crippen LogP contribution is 2.51. The van der Waals surface area contributed by atoms with E-state index in [-0.39, 0.29) is 0 Å². The Morgan fingerprint density at radius 2 is 1.95 bits per heavy atom. The Hall–Kier alpha value is -1.39.